The highest BCUT2D eigenvalue weighted by Gasteiger charge is 2.14. The highest BCUT2D eigenvalue weighted by molar-refractivity contribution is 7.98. The third kappa shape index (κ3) is 6.53. The lowest BCUT2D eigenvalue weighted by Crippen LogP contribution is -2.15. The molecular formula is C20H23NO5S. The van der Waals surface area contributed by atoms with Gasteiger partial charge in [-0.3, -0.25) is 9.59 Å². The maximum absolute atomic E-state index is 12.5. The molecule has 0 aliphatic carbocycles. The topological polar surface area (TPSA) is 84.9 Å². The summed E-state index contributed by atoms with van der Waals surface area (Å²) in [4.78, 5) is 23.0. The Kier molecular flexibility index (Phi) is 8.00. The Balaban J connectivity index is 1.98. The molecule has 1 amide bonds. The minimum Gasteiger partial charge on any atom is -0.496 e. The molecule has 0 saturated heterocycles. The van der Waals surface area contributed by atoms with E-state index in [4.69, 9.17) is 14.6 Å². The highest BCUT2D eigenvalue weighted by Crippen LogP contribution is 2.29. The normalized spacial score (nSPS) is 10.3. The Morgan fingerprint density at radius 1 is 1.07 bits per heavy atom. The molecule has 0 aliphatic rings. The standard InChI is InChI=1S/C20H23NO5S/c1-25-17-7-4-8-18(26-2)16(17)12-19(22)21-15-6-3-5-14(11-15)13-27-10-9-20(23)24/h3-8,11H,9-10,12-13H2,1-2H3,(H,21,22)(H,23,24). The Hall–Kier alpha value is -2.67. The molecule has 0 atom stereocenters. The van der Waals surface area contributed by atoms with E-state index in [0.717, 1.165) is 5.56 Å². The van der Waals surface area contributed by atoms with Gasteiger partial charge in [-0.05, 0) is 29.8 Å². The number of hydrogen-bond acceptors (Lipinski definition) is 5. The molecule has 144 valence electrons. The van der Waals surface area contributed by atoms with Crippen molar-refractivity contribution in [2.45, 2.75) is 18.6 Å². The molecule has 7 heteroatoms. The number of methoxy groups -OCH3 is 2. The lowest BCUT2D eigenvalue weighted by molar-refractivity contribution is -0.136. The van der Waals surface area contributed by atoms with Gasteiger partial charge in [0.15, 0.2) is 0 Å². The molecule has 0 saturated carbocycles. The molecule has 27 heavy (non-hydrogen) atoms. The molecule has 0 spiro atoms. The van der Waals surface area contributed by atoms with Crippen molar-refractivity contribution in [3.8, 4) is 11.5 Å². The lowest BCUT2D eigenvalue weighted by atomic mass is 10.1. The molecule has 0 bridgehead atoms. The van der Waals surface area contributed by atoms with Crippen LogP contribution >= 0.6 is 11.8 Å². The van der Waals surface area contributed by atoms with E-state index in [1.807, 2.05) is 30.3 Å². The van der Waals surface area contributed by atoms with Crippen LogP contribution < -0.4 is 14.8 Å². The van der Waals surface area contributed by atoms with E-state index in [1.54, 1.807) is 38.1 Å². The first kappa shape index (κ1) is 20.6. The summed E-state index contributed by atoms with van der Waals surface area (Å²) >= 11 is 1.55. The summed E-state index contributed by atoms with van der Waals surface area (Å²) in [6, 6.07) is 12.9. The molecule has 0 fully saturated rings. The average Bonchev–Trinajstić information content (AvgIpc) is 2.65. The van der Waals surface area contributed by atoms with Crippen LogP contribution in [0.3, 0.4) is 0 Å². The quantitative estimate of drug-likeness (QED) is 0.604. The van der Waals surface area contributed by atoms with Crippen molar-refractivity contribution in [1.29, 1.82) is 0 Å². The summed E-state index contributed by atoms with van der Waals surface area (Å²) in [6.45, 7) is 0. The summed E-state index contributed by atoms with van der Waals surface area (Å²) in [5.74, 6) is 1.49. The number of carbonyl (C=O) groups is 2. The zero-order valence-electron chi connectivity index (χ0n) is 15.4. The van der Waals surface area contributed by atoms with E-state index in [-0.39, 0.29) is 18.7 Å². The van der Waals surface area contributed by atoms with E-state index >= 15 is 0 Å². The van der Waals surface area contributed by atoms with E-state index in [2.05, 4.69) is 5.32 Å². The predicted molar refractivity (Wildman–Crippen MR) is 107 cm³/mol. The molecule has 0 unspecified atom stereocenters. The molecule has 2 N–H and O–H groups in total. The third-order valence-electron chi connectivity index (χ3n) is 3.81. The van der Waals surface area contributed by atoms with Gasteiger partial charge in [-0.1, -0.05) is 18.2 Å². The van der Waals surface area contributed by atoms with Gasteiger partial charge >= 0.3 is 5.97 Å². The monoisotopic (exact) mass is 389 g/mol. The number of nitrogens with one attached hydrogen (secondary N) is 1. The number of carboxylic acid groups (broad SMARTS) is 1. The van der Waals surface area contributed by atoms with Gasteiger partial charge in [-0.2, -0.15) is 11.8 Å². The van der Waals surface area contributed by atoms with Crippen LogP contribution in [0.5, 0.6) is 11.5 Å². The van der Waals surface area contributed by atoms with Crippen molar-refractivity contribution in [2.75, 3.05) is 25.3 Å². The first-order valence-electron chi connectivity index (χ1n) is 8.41. The summed E-state index contributed by atoms with van der Waals surface area (Å²) in [5.41, 5.74) is 2.42. The van der Waals surface area contributed by atoms with Crippen molar-refractivity contribution < 1.29 is 24.2 Å². The van der Waals surface area contributed by atoms with Crippen LogP contribution in [0.15, 0.2) is 42.5 Å². The summed E-state index contributed by atoms with van der Waals surface area (Å²) < 4.78 is 10.7. The molecule has 0 heterocycles. The number of carbonyl (C=O) groups excluding carboxylic acids is 1. The van der Waals surface area contributed by atoms with Gasteiger partial charge in [-0.25, -0.2) is 0 Å². The summed E-state index contributed by atoms with van der Waals surface area (Å²) in [6.07, 6.45) is 0.270. The number of ether oxygens (including phenoxy) is 2. The maximum Gasteiger partial charge on any atom is 0.304 e. The average molecular weight is 389 g/mol. The highest BCUT2D eigenvalue weighted by atomic mass is 32.2. The molecule has 2 rings (SSSR count). The Bertz CT molecular complexity index is 771. The van der Waals surface area contributed by atoms with Crippen molar-refractivity contribution in [3.63, 3.8) is 0 Å². The van der Waals surface area contributed by atoms with Gasteiger partial charge < -0.3 is 19.9 Å². The van der Waals surface area contributed by atoms with Crippen LogP contribution in [0.2, 0.25) is 0 Å². The number of rotatable bonds is 10. The van der Waals surface area contributed by atoms with E-state index in [9.17, 15) is 9.59 Å². The number of aliphatic carboxylic acids is 1. The van der Waals surface area contributed by atoms with Crippen molar-refractivity contribution >= 4 is 29.3 Å². The number of anilines is 1. The molecule has 2 aromatic rings. The maximum atomic E-state index is 12.5. The fourth-order valence-electron chi connectivity index (χ4n) is 2.56. The molecule has 6 nitrogen and oxygen atoms in total. The van der Waals surface area contributed by atoms with E-state index in [1.165, 1.54) is 0 Å². The minimum atomic E-state index is -0.796. The Morgan fingerprint density at radius 3 is 2.37 bits per heavy atom. The number of hydrogen-bond donors (Lipinski definition) is 2. The van der Waals surface area contributed by atoms with Crippen LogP contribution in [0.25, 0.3) is 0 Å². The minimum absolute atomic E-state index is 0.130. The number of thioether (sulfide) groups is 1. The summed E-state index contributed by atoms with van der Waals surface area (Å²) in [5, 5.41) is 11.6. The molecular weight excluding hydrogens is 366 g/mol. The Labute approximate surface area is 162 Å². The molecule has 0 aliphatic heterocycles. The second-order valence-electron chi connectivity index (χ2n) is 5.76. The van der Waals surface area contributed by atoms with Crippen LogP contribution in [0.4, 0.5) is 5.69 Å². The zero-order valence-corrected chi connectivity index (χ0v) is 16.2. The van der Waals surface area contributed by atoms with Crippen LogP contribution in [-0.2, 0) is 21.8 Å². The molecule has 2 aromatic carbocycles. The van der Waals surface area contributed by atoms with Crippen LogP contribution in [-0.4, -0.2) is 37.0 Å². The van der Waals surface area contributed by atoms with Gasteiger partial charge in [0.25, 0.3) is 0 Å². The van der Waals surface area contributed by atoms with Crippen molar-refractivity contribution in [1.82, 2.24) is 0 Å². The lowest BCUT2D eigenvalue weighted by Gasteiger charge is -2.13. The number of carboxylic acids is 1. The van der Waals surface area contributed by atoms with Gasteiger partial charge in [-0.15, -0.1) is 0 Å². The number of benzene rings is 2. The van der Waals surface area contributed by atoms with Crippen LogP contribution in [0.1, 0.15) is 17.5 Å². The Morgan fingerprint density at radius 2 is 1.74 bits per heavy atom. The molecule has 0 aromatic heterocycles. The SMILES string of the molecule is COc1cccc(OC)c1CC(=O)Nc1cccc(CSCCC(=O)O)c1. The second kappa shape index (κ2) is 10.5. The summed E-state index contributed by atoms with van der Waals surface area (Å²) in [7, 11) is 3.11. The van der Waals surface area contributed by atoms with Crippen LogP contribution in [0, 0.1) is 0 Å². The predicted octanol–water partition coefficient (Wildman–Crippen LogP) is 3.59. The zero-order chi connectivity index (χ0) is 19.6. The van der Waals surface area contributed by atoms with Gasteiger partial charge in [0.05, 0.1) is 27.1 Å². The number of amides is 1. The third-order valence-corrected chi connectivity index (χ3v) is 4.84. The smallest absolute Gasteiger partial charge is 0.304 e. The van der Waals surface area contributed by atoms with Crippen molar-refractivity contribution in [2.24, 2.45) is 0 Å². The largest absolute Gasteiger partial charge is 0.496 e. The fourth-order valence-corrected chi connectivity index (χ4v) is 3.43. The van der Waals surface area contributed by atoms with E-state index < -0.39 is 5.97 Å². The van der Waals surface area contributed by atoms with Gasteiger partial charge in [0.1, 0.15) is 11.5 Å². The van der Waals surface area contributed by atoms with Gasteiger partial charge in [0, 0.05) is 22.8 Å². The first-order valence-corrected chi connectivity index (χ1v) is 9.57. The fraction of sp³-hybridized carbons (Fsp3) is 0.300. The first-order chi connectivity index (χ1) is 13.0. The van der Waals surface area contributed by atoms with E-state index in [0.29, 0.717) is 34.3 Å². The second-order valence-corrected chi connectivity index (χ2v) is 6.87. The van der Waals surface area contributed by atoms with Gasteiger partial charge in [0.2, 0.25) is 5.91 Å². The van der Waals surface area contributed by atoms with Crippen molar-refractivity contribution in [3.05, 3.63) is 53.6 Å². The molecule has 0 radical (unpaired) electrons.